The normalized spacial score (nSPS) is 10.6. The predicted octanol–water partition coefficient (Wildman–Crippen LogP) is 4.66. The van der Waals surface area contributed by atoms with Gasteiger partial charge in [-0.05, 0) is 48.0 Å². The molecule has 1 aromatic heterocycles. The summed E-state index contributed by atoms with van der Waals surface area (Å²) in [7, 11) is 0. The molecule has 1 heterocycles. The predicted molar refractivity (Wildman–Crippen MR) is 83.5 cm³/mol. The van der Waals surface area contributed by atoms with Crippen LogP contribution in [0.5, 0.6) is 0 Å². The van der Waals surface area contributed by atoms with Crippen LogP contribution in [0.15, 0.2) is 53.3 Å². The third-order valence-electron chi connectivity index (χ3n) is 2.91. The Labute approximate surface area is 131 Å². The molecular formula is C15H11Cl2N3O. The molecule has 0 bridgehead atoms. The average molecular weight is 320 g/mol. The van der Waals surface area contributed by atoms with E-state index in [1.54, 1.807) is 6.07 Å². The van der Waals surface area contributed by atoms with Crippen LogP contribution in [0.3, 0.4) is 0 Å². The molecular weight excluding hydrogens is 309 g/mol. The summed E-state index contributed by atoms with van der Waals surface area (Å²) >= 11 is 11.9. The number of hydrogen-bond acceptors (Lipinski definition) is 4. The lowest BCUT2D eigenvalue weighted by atomic mass is 10.2. The Balaban J connectivity index is 1.68. The fraction of sp³-hybridized carbons (Fsp3) is 0.0667. The molecule has 0 atom stereocenters. The number of benzene rings is 2. The van der Waals surface area contributed by atoms with Gasteiger partial charge in [0.05, 0.1) is 0 Å². The molecule has 0 aliphatic carbocycles. The average Bonchev–Trinajstić information content (AvgIpc) is 2.99. The van der Waals surface area contributed by atoms with Crippen LogP contribution in [0.4, 0.5) is 5.69 Å². The number of nitrogens with zero attached hydrogens (tertiary/aromatic N) is 2. The molecule has 0 aliphatic rings. The number of hydrogen-bond donors (Lipinski definition) is 1. The van der Waals surface area contributed by atoms with Crippen LogP contribution in [0.2, 0.25) is 10.0 Å². The van der Waals surface area contributed by atoms with Crippen LogP contribution in [-0.4, -0.2) is 10.2 Å². The summed E-state index contributed by atoms with van der Waals surface area (Å²) in [6, 6.07) is 13.2. The summed E-state index contributed by atoms with van der Waals surface area (Å²) < 4.78 is 5.14. The first kappa shape index (κ1) is 13.9. The van der Waals surface area contributed by atoms with Gasteiger partial charge in [0.1, 0.15) is 0 Å². The van der Waals surface area contributed by atoms with Crippen LogP contribution in [-0.2, 0) is 6.54 Å². The van der Waals surface area contributed by atoms with Crippen molar-refractivity contribution in [1.29, 1.82) is 0 Å². The molecule has 1 N–H and O–H groups in total. The molecule has 0 amide bonds. The number of rotatable bonds is 4. The molecule has 106 valence electrons. The van der Waals surface area contributed by atoms with Gasteiger partial charge in [-0.15, -0.1) is 10.2 Å². The van der Waals surface area contributed by atoms with Crippen molar-refractivity contribution in [2.75, 3.05) is 5.32 Å². The Morgan fingerprint density at radius 1 is 1.00 bits per heavy atom. The summed E-state index contributed by atoms with van der Waals surface area (Å²) in [6.07, 6.45) is 1.31. The van der Waals surface area contributed by atoms with Crippen LogP contribution in [0.25, 0.3) is 11.5 Å². The van der Waals surface area contributed by atoms with E-state index in [4.69, 9.17) is 27.6 Å². The molecule has 6 heteroatoms. The van der Waals surface area contributed by atoms with Crippen molar-refractivity contribution < 1.29 is 4.42 Å². The van der Waals surface area contributed by atoms with Gasteiger partial charge in [-0.25, -0.2) is 0 Å². The van der Waals surface area contributed by atoms with Crippen molar-refractivity contribution in [2.45, 2.75) is 6.54 Å². The molecule has 0 unspecified atom stereocenters. The van der Waals surface area contributed by atoms with Crippen molar-refractivity contribution in [1.82, 2.24) is 10.2 Å². The Hall–Kier alpha value is -2.04. The lowest BCUT2D eigenvalue weighted by Gasteiger charge is -2.08. The highest BCUT2D eigenvalue weighted by Gasteiger charge is 2.03. The molecule has 21 heavy (non-hydrogen) atoms. The minimum Gasteiger partial charge on any atom is -0.423 e. The highest BCUT2D eigenvalue weighted by atomic mass is 35.5. The standard InChI is InChI=1S/C15H11Cl2N3O/c16-12-5-10(6-13(17)7-12)8-18-14-3-1-11(2-4-14)15-20-19-9-21-15/h1-7,9,18H,8H2. The Morgan fingerprint density at radius 3 is 2.33 bits per heavy atom. The molecule has 3 rings (SSSR count). The maximum absolute atomic E-state index is 5.97. The summed E-state index contributed by atoms with van der Waals surface area (Å²) in [4.78, 5) is 0. The van der Waals surface area contributed by atoms with Gasteiger partial charge in [0.15, 0.2) is 0 Å². The van der Waals surface area contributed by atoms with Crippen molar-refractivity contribution >= 4 is 28.9 Å². The van der Waals surface area contributed by atoms with E-state index >= 15 is 0 Å². The first-order valence-electron chi connectivity index (χ1n) is 6.26. The van der Waals surface area contributed by atoms with E-state index in [0.29, 0.717) is 22.5 Å². The van der Waals surface area contributed by atoms with Crippen molar-refractivity contribution in [3.8, 4) is 11.5 Å². The second kappa shape index (κ2) is 6.16. The van der Waals surface area contributed by atoms with Gasteiger partial charge in [0.2, 0.25) is 12.3 Å². The van der Waals surface area contributed by atoms with Gasteiger partial charge in [-0.2, -0.15) is 0 Å². The maximum Gasteiger partial charge on any atom is 0.247 e. The Bertz CT molecular complexity index is 707. The van der Waals surface area contributed by atoms with E-state index < -0.39 is 0 Å². The zero-order valence-corrected chi connectivity index (χ0v) is 12.4. The van der Waals surface area contributed by atoms with E-state index in [2.05, 4.69) is 15.5 Å². The molecule has 0 fully saturated rings. The van der Waals surface area contributed by atoms with Crippen LogP contribution < -0.4 is 5.32 Å². The minimum atomic E-state index is 0.503. The quantitative estimate of drug-likeness (QED) is 0.760. The Morgan fingerprint density at radius 2 is 1.71 bits per heavy atom. The van der Waals surface area contributed by atoms with E-state index in [-0.39, 0.29) is 0 Å². The fourth-order valence-corrected chi connectivity index (χ4v) is 2.52. The smallest absolute Gasteiger partial charge is 0.247 e. The molecule has 0 saturated carbocycles. The summed E-state index contributed by atoms with van der Waals surface area (Å²) in [5.74, 6) is 0.503. The second-order valence-corrected chi connectivity index (χ2v) is 5.33. The van der Waals surface area contributed by atoms with E-state index in [0.717, 1.165) is 16.8 Å². The maximum atomic E-state index is 5.97. The zero-order valence-electron chi connectivity index (χ0n) is 10.9. The summed E-state index contributed by atoms with van der Waals surface area (Å²) in [5, 5.41) is 12.1. The lowest BCUT2D eigenvalue weighted by Crippen LogP contribution is -1.99. The lowest BCUT2D eigenvalue weighted by molar-refractivity contribution is 0.568. The van der Waals surface area contributed by atoms with Gasteiger partial charge in [0.25, 0.3) is 0 Å². The SMILES string of the molecule is Clc1cc(Cl)cc(CNc2ccc(-c3nnco3)cc2)c1. The van der Waals surface area contributed by atoms with Gasteiger partial charge >= 0.3 is 0 Å². The minimum absolute atomic E-state index is 0.503. The van der Waals surface area contributed by atoms with E-state index in [1.165, 1.54) is 6.39 Å². The fourth-order valence-electron chi connectivity index (χ4n) is 1.95. The molecule has 2 aromatic carbocycles. The topological polar surface area (TPSA) is 51.0 Å². The van der Waals surface area contributed by atoms with Crippen molar-refractivity contribution in [3.05, 3.63) is 64.5 Å². The van der Waals surface area contributed by atoms with Gasteiger partial charge in [-0.1, -0.05) is 23.2 Å². The number of nitrogens with one attached hydrogen (secondary N) is 1. The van der Waals surface area contributed by atoms with Crippen molar-refractivity contribution in [3.63, 3.8) is 0 Å². The third kappa shape index (κ3) is 3.54. The largest absolute Gasteiger partial charge is 0.423 e. The first-order chi connectivity index (χ1) is 10.2. The third-order valence-corrected chi connectivity index (χ3v) is 3.35. The number of aromatic nitrogens is 2. The molecule has 3 aromatic rings. The highest BCUT2D eigenvalue weighted by Crippen LogP contribution is 2.21. The van der Waals surface area contributed by atoms with Crippen LogP contribution >= 0.6 is 23.2 Å². The molecule has 0 radical (unpaired) electrons. The van der Waals surface area contributed by atoms with Crippen molar-refractivity contribution in [2.24, 2.45) is 0 Å². The van der Waals surface area contributed by atoms with Crippen LogP contribution in [0, 0.1) is 0 Å². The molecule has 0 spiro atoms. The van der Waals surface area contributed by atoms with E-state index in [9.17, 15) is 0 Å². The Kier molecular flexibility index (Phi) is 4.08. The first-order valence-corrected chi connectivity index (χ1v) is 7.02. The van der Waals surface area contributed by atoms with Crippen LogP contribution in [0.1, 0.15) is 5.56 Å². The second-order valence-electron chi connectivity index (χ2n) is 4.45. The molecule has 0 saturated heterocycles. The molecule has 4 nitrogen and oxygen atoms in total. The summed E-state index contributed by atoms with van der Waals surface area (Å²) in [6.45, 7) is 0.639. The number of anilines is 1. The summed E-state index contributed by atoms with van der Waals surface area (Å²) in [5.41, 5.74) is 2.88. The van der Waals surface area contributed by atoms with E-state index in [1.807, 2.05) is 36.4 Å². The molecule has 0 aliphatic heterocycles. The number of halogens is 2. The monoisotopic (exact) mass is 319 g/mol. The highest BCUT2D eigenvalue weighted by molar-refractivity contribution is 6.34. The zero-order chi connectivity index (χ0) is 14.7. The van der Waals surface area contributed by atoms with Gasteiger partial charge in [0, 0.05) is 27.8 Å². The van der Waals surface area contributed by atoms with Gasteiger partial charge < -0.3 is 9.73 Å². The van der Waals surface area contributed by atoms with Gasteiger partial charge in [-0.3, -0.25) is 0 Å².